The number of carbonyl (C=O) groups is 1. The van der Waals surface area contributed by atoms with Gasteiger partial charge in [0.2, 0.25) is 5.91 Å². The summed E-state index contributed by atoms with van der Waals surface area (Å²) in [7, 11) is 1.76. The topological polar surface area (TPSA) is 84.7 Å². The second-order valence-electron chi connectivity index (χ2n) is 3.90. The van der Waals surface area contributed by atoms with Gasteiger partial charge in [0, 0.05) is 24.5 Å². The van der Waals surface area contributed by atoms with Crippen LogP contribution >= 0.6 is 39.9 Å². The van der Waals surface area contributed by atoms with E-state index in [4.69, 9.17) is 11.5 Å². The summed E-state index contributed by atoms with van der Waals surface area (Å²) in [4.78, 5) is 17.2. The predicted molar refractivity (Wildman–Crippen MR) is 91.3 cm³/mol. The summed E-state index contributed by atoms with van der Waals surface area (Å²) in [5.74, 6) is 0.0204. The fraction of sp³-hybridized carbons (Fsp3) is 0.333. The summed E-state index contributed by atoms with van der Waals surface area (Å²) < 4.78 is 0.994. The van der Waals surface area contributed by atoms with E-state index in [-0.39, 0.29) is 35.8 Å². The van der Waals surface area contributed by atoms with E-state index >= 15 is 0 Å². The van der Waals surface area contributed by atoms with Gasteiger partial charge in [-0.1, -0.05) is 34.1 Å². The first kappa shape index (κ1) is 18.2. The largest absolute Gasteiger partial charge is 0.370 e. The summed E-state index contributed by atoms with van der Waals surface area (Å²) in [6, 6.07) is 7.81. The fourth-order valence-electron chi connectivity index (χ4n) is 1.44. The first-order valence-electron chi connectivity index (χ1n) is 5.53. The molecule has 0 aliphatic heterocycles. The molecule has 0 bridgehead atoms. The molecule has 1 rings (SSSR count). The molecule has 0 saturated carbocycles. The molecular weight excluding hydrogens is 423 g/mol. The normalized spacial score (nSPS) is 9.37. The standard InChI is InChI=1S/C12H17BrN4O.HI/c1-17(11(18)6-7-16-12(14)15)8-9-4-2-3-5-10(9)13;/h2-5H,6-8H2,1H3,(H4,14,15,16);1H. The van der Waals surface area contributed by atoms with Gasteiger partial charge in [0.25, 0.3) is 0 Å². The van der Waals surface area contributed by atoms with Gasteiger partial charge in [0.15, 0.2) is 5.96 Å². The Bertz CT molecular complexity index is 449. The Kier molecular flexibility index (Phi) is 8.73. The predicted octanol–water partition coefficient (Wildman–Crippen LogP) is 1.69. The van der Waals surface area contributed by atoms with Crippen LogP contribution in [0.3, 0.4) is 0 Å². The molecule has 0 aromatic heterocycles. The van der Waals surface area contributed by atoms with Crippen molar-refractivity contribution in [3.8, 4) is 0 Å². The Morgan fingerprint density at radius 1 is 1.37 bits per heavy atom. The summed E-state index contributed by atoms with van der Waals surface area (Å²) in [6.07, 6.45) is 0.304. The number of rotatable bonds is 5. The minimum Gasteiger partial charge on any atom is -0.370 e. The average Bonchev–Trinajstić information content (AvgIpc) is 2.31. The van der Waals surface area contributed by atoms with Gasteiger partial charge >= 0.3 is 0 Å². The van der Waals surface area contributed by atoms with E-state index in [1.165, 1.54) is 0 Å². The van der Waals surface area contributed by atoms with E-state index in [0.717, 1.165) is 10.0 Å². The molecule has 0 spiro atoms. The molecule has 0 atom stereocenters. The lowest BCUT2D eigenvalue weighted by atomic mass is 10.2. The van der Waals surface area contributed by atoms with Crippen LogP contribution in [0.15, 0.2) is 33.7 Å². The number of nitrogens with two attached hydrogens (primary N) is 2. The van der Waals surface area contributed by atoms with Crippen molar-refractivity contribution in [2.45, 2.75) is 13.0 Å². The third kappa shape index (κ3) is 6.76. The van der Waals surface area contributed by atoms with Crippen LogP contribution in [0.5, 0.6) is 0 Å². The van der Waals surface area contributed by atoms with Gasteiger partial charge in [-0.15, -0.1) is 24.0 Å². The van der Waals surface area contributed by atoms with Crippen molar-refractivity contribution in [2.24, 2.45) is 16.5 Å². The number of nitrogens with zero attached hydrogens (tertiary/aromatic N) is 2. The lowest BCUT2D eigenvalue weighted by Gasteiger charge is -2.17. The second-order valence-corrected chi connectivity index (χ2v) is 4.75. The van der Waals surface area contributed by atoms with Crippen LogP contribution in [-0.2, 0) is 11.3 Å². The van der Waals surface area contributed by atoms with Gasteiger partial charge < -0.3 is 16.4 Å². The Balaban J connectivity index is 0.00000324. The molecule has 0 saturated heterocycles. The maximum atomic E-state index is 11.8. The summed E-state index contributed by atoms with van der Waals surface area (Å²) >= 11 is 3.45. The van der Waals surface area contributed by atoms with Crippen LogP contribution < -0.4 is 11.5 Å². The van der Waals surface area contributed by atoms with Gasteiger partial charge in [-0.05, 0) is 11.6 Å². The molecule has 7 heteroatoms. The van der Waals surface area contributed by atoms with Crippen molar-refractivity contribution >= 4 is 51.8 Å². The minimum atomic E-state index is 0. The lowest BCUT2D eigenvalue weighted by molar-refractivity contribution is -0.130. The number of halogens is 2. The number of benzene rings is 1. The first-order valence-corrected chi connectivity index (χ1v) is 6.32. The molecule has 0 heterocycles. The third-order valence-electron chi connectivity index (χ3n) is 2.41. The fourth-order valence-corrected chi connectivity index (χ4v) is 1.85. The molecule has 0 aliphatic carbocycles. The molecule has 1 aromatic carbocycles. The molecule has 5 nitrogen and oxygen atoms in total. The zero-order valence-electron chi connectivity index (χ0n) is 10.7. The van der Waals surface area contributed by atoms with Gasteiger partial charge in [-0.3, -0.25) is 9.79 Å². The van der Waals surface area contributed by atoms with Crippen LogP contribution in [0.25, 0.3) is 0 Å². The van der Waals surface area contributed by atoms with Crippen molar-refractivity contribution in [1.82, 2.24) is 4.90 Å². The lowest BCUT2D eigenvalue weighted by Crippen LogP contribution is -2.28. The number of hydrogen-bond donors (Lipinski definition) is 2. The second kappa shape index (κ2) is 9.13. The first-order chi connectivity index (χ1) is 8.50. The van der Waals surface area contributed by atoms with E-state index in [1.807, 2.05) is 24.3 Å². The Morgan fingerprint density at radius 3 is 2.58 bits per heavy atom. The van der Waals surface area contributed by atoms with Gasteiger partial charge in [-0.25, -0.2) is 0 Å². The molecule has 0 fully saturated rings. The highest BCUT2D eigenvalue weighted by molar-refractivity contribution is 14.0. The van der Waals surface area contributed by atoms with Gasteiger partial charge in [-0.2, -0.15) is 0 Å². The van der Waals surface area contributed by atoms with E-state index in [2.05, 4.69) is 20.9 Å². The number of aliphatic imine (C=N–C) groups is 1. The number of carbonyl (C=O) groups excluding carboxylic acids is 1. The van der Waals surface area contributed by atoms with Crippen LogP contribution in [0.1, 0.15) is 12.0 Å². The molecule has 106 valence electrons. The van der Waals surface area contributed by atoms with Crippen LogP contribution in [-0.4, -0.2) is 30.4 Å². The number of hydrogen-bond acceptors (Lipinski definition) is 2. The quantitative estimate of drug-likeness (QED) is 0.415. The SMILES string of the molecule is CN(Cc1ccccc1Br)C(=O)CCN=C(N)N.I. The minimum absolute atomic E-state index is 0. The van der Waals surface area contributed by atoms with Crippen LogP contribution in [0.2, 0.25) is 0 Å². The van der Waals surface area contributed by atoms with Crippen molar-refractivity contribution in [3.63, 3.8) is 0 Å². The van der Waals surface area contributed by atoms with E-state index in [1.54, 1.807) is 11.9 Å². The summed E-state index contributed by atoms with van der Waals surface area (Å²) in [6.45, 7) is 0.879. The highest BCUT2D eigenvalue weighted by Gasteiger charge is 2.10. The number of guanidine groups is 1. The highest BCUT2D eigenvalue weighted by atomic mass is 127. The zero-order valence-corrected chi connectivity index (χ0v) is 14.6. The molecule has 0 unspecified atom stereocenters. The number of amides is 1. The molecule has 1 aromatic rings. The molecular formula is C12H18BrIN4O. The van der Waals surface area contributed by atoms with E-state index < -0.39 is 0 Å². The Hall–Kier alpha value is -0.830. The average molecular weight is 441 g/mol. The summed E-state index contributed by atoms with van der Waals surface area (Å²) in [5, 5.41) is 0. The van der Waals surface area contributed by atoms with Gasteiger partial charge in [0.1, 0.15) is 0 Å². The Labute approximate surface area is 138 Å². The van der Waals surface area contributed by atoms with Crippen LogP contribution in [0.4, 0.5) is 0 Å². The smallest absolute Gasteiger partial charge is 0.224 e. The van der Waals surface area contributed by atoms with Gasteiger partial charge in [0.05, 0.1) is 6.54 Å². The van der Waals surface area contributed by atoms with Crippen molar-refractivity contribution in [1.29, 1.82) is 0 Å². The van der Waals surface area contributed by atoms with Crippen molar-refractivity contribution in [3.05, 3.63) is 34.3 Å². The third-order valence-corrected chi connectivity index (χ3v) is 3.18. The van der Waals surface area contributed by atoms with Crippen LogP contribution in [0, 0.1) is 0 Å². The molecule has 0 aliphatic rings. The zero-order chi connectivity index (χ0) is 13.5. The Morgan fingerprint density at radius 2 is 2.00 bits per heavy atom. The molecule has 1 amide bonds. The molecule has 4 N–H and O–H groups in total. The van der Waals surface area contributed by atoms with E-state index in [9.17, 15) is 4.79 Å². The highest BCUT2D eigenvalue weighted by Crippen LogP contribution is 2.17. The molecule has 19 heavy (non-hydrogen) atoms. The van der Waals surface area contributed by atoms with Crippen molar-refractivity contribution < 1.29 is 4.79 Å². The maximum Gasteiger partial charge on any atom is 0.224 e. The van der Waals surface area contributed by atoms with E-state index in [0.29, 0.717) is 19.5 Å². The maximum absolute atomic E-state index is 11.8. The van der Waals surface area contributed by atoms with Crippen molar-refractivity contribution in [2.75, 3.05) is 13.6 Å². The monoisotopic (exact) mass is 440 g/mol. The molecule has 0 radical (unpaired) electrons. The summed E-state index contributed by atoms with van der Waals surface area (Å²) in [5.41, 5.74) is 11.5.